The lowest BCUT2D eigenvalue weighted by Crippen LogP contribution is -2.54. The van der Waals surface area contributed by atoms with E-state index in [-0.39, 0.29) is 12.5 Å². The Morgan fingerprint density at radius 1 is 1.59 bits per heavy atom. The van der Waals surface area contributed by atoms with Crippen LogP contribution in [0.4, 0.5) is 0 Å². The molecule has 1 unspecified atom stereocenters. The van der Waals surface area contributed by atoms with Gasteiger partial charge in [-0.3, -0.25) is 4.79 Å². The van der Waals surface area contributed by atoms with Crippen LogP contribution in [0, 0.1) is 13.8 Å². The molecule has 0 radical (unpaired) electrons. The zero-order valence-electron chi connectivity index (χ0n) is 10.1. The lowest BCUT2D eigenvalue weighted by Gasteiger charge is -2.20. The molecule has 94 valence electrons. The number of nitrogens with one attached hydrogen (secondary N) is 1. The average molecular weight is 239 g/mol. The first kappa shape index (κ1) is 12.1. The summed E-state index contributed by atoms with van der Waals surface area (Å²) in [5.41, 5.74) is 6.74. The molecule has 6 nitrogen and oxygen atoms in total. The minimum atomic E-state index is -0.890. The summed E-state index contributed by atoms with van der Waals surface area (Å²) in [5, 5.41) is 6.63. The first-order chi connectivity index (χ1) is 8.03. The summed E-state index contributed by atoms with van der Waals surface area (Å²) >= 11 is 0. The zero-order valence-corrected chi connectivity index (χ0v) is 10.1. The molecule has 0 spiro atoms. The third-order valence-electron chi connectivity index (χ3n) is 3.11. The number of nitrogens with zero attached hydrogens (tertiary/aromatic N) is 1. The fourth-order valence-corrected chi connectivity index (χ4v) is 1.86. The van der Waals surface area contributed by atoms with Crippen molar-refractivity contribution in [1.29, 1.82) is 0 Å². The highest BCUT2D eigenvalue weighted by Gasteiger charge is 2.38. The molecule has 1 aliphatic heterocycles. The Bertz CT molecular complexity index is 402. The van der Waals surface area contributed by atoms with Gasteiger partial charge in [0.2, 0.25) is 5.91 Å². The highest BCUT2D eigenvalue weighted by molar-refractivity contribution is 5.86. The van der Waals surface area contributed by atoms with Gasteiger partial charge < -0.3 is 20.3 Å². The standard InChI is InChI=1S/C11H17N3O3/c1-7-9(8(2)17-14-7)5-13-10(15)11(12)3-4-16-6-11/h3-6,12H2,1-2H3,(H,13,15). The van der Waals surface area contributed by atoms with Crippen molar-refractivity contribution in [2.24, 2.45) is 5.73 Å². The molecule has 3 N–H and O–H groups in total. The number of rotatable bonds is 3. The predicted molar refractivity (Wildman–Crippen MR) is 60.2 cm³/mol. The molecule has 2 heterocycles. The fraction of sp³-hybridized carbons (Fsp3) is 0.636. The average Bonchev–Trinajstić information content (AvgIpc) is 2.85. The topological polar surface area (TPSA) is 90.4 Å². The Balaban J connectivity index is 1.97. The summed E-state index contributed by atoms with van der Waals surface area (Å²) in [6.45, 7) is 4.86. The van der Waals surface area contributed by atoms with Crippen LogP contribution in [-0.2, 0) is 16.1 Å². The second kappa shape index (κ2) is 4.46. The molecule has 1 amide bonds. The molecule has 1 aromatic rings. The number of hydrogen-bond donors (Lipinski definition) is 2. The largest absolute Gasteiger partial charge is 0.379 e. The maximum Gasteiger partial charge on any atom is 0.242 e. The van der Waals surface area contributed by atoms with E-state index in [0.29, 0.717) is 19.6 Å². The van der Waals surface area contributed by atoms with Crippen LogP contribution in [0.1, 0.15) is 23.4 Å². The van der Waals surface area contributed by atoms with Crippen molar-refractivity contribution >= 4 is 5.91 Å². The smallest absolute Gasteiger partial charge is 0.242 e. The summed E-state index contributed by atoms with van der Waals surface area (Å²) in [7, 11) is 0. The number of aryl methyl sites for hydroxylation is 2. The van der Waals surface area contributed by atoms with E-state index in [0.717, 1.165) is 17.0 Å². The van der Waals surface area contributed by atoms with E-state index >= 15 is 0 Å². The van der Waals surface area contributed by atoms with Crippen LogP contribution in [0.25, 0.3) is 0 Å². The number of hydrogen-bond acceptors (Lipinski definition) is 5. The summed E-state index contributed by atoms with van der Waals surface area (Å²) in [5.74, 6) is 0.534. The predicted octanol–water partition coefficient (Wildman–Crippen LogP) is 0.0254. The van der Waals surface area contributed by atoms with E-state index in [1.165, 1.54) is 0 Å². The van der Waals surface area contributed by atoms with E-state index in [2.05, 4.69) is 10.5 Å². The van der Waals surface area contributed by atoms with E-state index in [4.69, 9.17) is 15.0 Å². The Hall–Kier alpha value is -1.40. The second-order valence-corrected chi connectivity index (χ2v) is 4.44. The van der Waals surface area contributed by atoms with Crippen molar-refractivity contribution in [2.75, 3.05) is 13.2 Å². The van der Waals surface area contributed by atoms with E-state index in [9.17, 15) is 4.79 Å². The maximum absolute atomic E-state index is 11.9. The molecular weight excluding hydrogens is 222 g/mol. The number of aromatic nitrogens is 1. The molecule has 0 bridgehead atoms. The molecule has 6 heteroatoms. The van der Waals surface area contributed by atoms with Gasteiger partial charge in [0.1, 0.15) is 11.3 Å². The molecule has 1 aromatic heterocycles. The van der Waals surface area contributed by atoms with Crippen molar-refractivity contribution in [3.8, 4) is 0 Å². The minimum Gasteiger partial charge on any atom is -0.379 e. The third-order valence-corrected chi connectivity index (χ3v) is 3.11. The third kappa shape index (κ3) is 2.32. The Morgan fingerprint density at radius 3 is 2.88 bits per heavy atom. The lowest BCUT2D eigenvalue weighted by atomic mass is 9.99. The van der Waals surface area contributed by atoms with Crippen LogP contribution in [-0.4, -0.2) is 29.8 Å². The molecule has 1 atom stereocenters. The SMILES string of the molecule is Cc1noc(C)c1CNC(=O)C1(N)CCOC1. The number of amides is 1. The number of carbonyl (C=O) groups excluding carboxylic acids is 1. The lowest BCUT2D eigenvalue weighted by molar-refractivity contribution is -0.126. The van der Waals surface area contributed by atoms with Crippen LogP contribution < -0.4 is 11.1 Å². The highest BCUT2D eigenvalue weighted by Crippen LogP contribution is 2.16. The highest BCUT2D eigenvalue weighted by atomic mass is 16.5. The minimum absolute atomic E-state index is 0.185. The van der Waals surface area contributed by atoms with Gasteiger partial charge in [-0.1, -0.05) is 5.16 Å². The molecule has 0 aromatic carbocycles. The van der Waals surface area contributed by atoms with Crippen LogP contribution in [0.3, 0.4) is 0 Å². The summed E-state index contributed by atoms with van der Waals surface area (Å²) in [6, 6.07) is 0. The van der Waals surface area contributed by atoms with Crippen molar-refractivity contribution in [1.82, 2.24) is 10.5 Å². The Kier molecular flexibility index (Phi) is 3.17. The molecule has 1 aliphatic rings. The van der Waals surface area contributed by atoms with Gasteiger partial charge in [0.15, 0.2) is 0 Å². The first-order valence-electron chi connectivity index (χ1n) is 5.59. The Labute approximate surface area is 99.5 Å². The van der Waals surface area contributed by atoms with Crippen molar-refractivity contribution in [3.63, 3.8) is 0 Å². The van der Waals surface area contributed by atoms with Crippen LogP contribution in [0.2, 0.25) is 0 Å². The van der Waals surface area contributed by atoms with Gasteiger partial charge >= 0.3 is 0 Å². The second-order valence-electron chi connectivity index (χ2n) is 4.44. The summed E-state index contributed by atoms with van der Waals surface area (Å²) < 4.78 is 10.2. The van der Waals surface area contributed by atoms with Gasteiger partial charge in [0.05, 0.1) is 12.3 Å². The molecule has 1 fully saturated rings. The number of nitrogens with two attached hydrogens (primary N) is 1. The van der Waals surface area contributed by atoms with Crippen LogP contribution in [0.15, 0.2) is 4.52 Å². The van der Waals surface area contributed by atoms with Crippen molar-refractivity contribution < 1.29 is 14.1 Å². The molecule has 0 saturated carbocycles. The maximum atomic E-state index is 11.9. The van der Waals surface area contributed by atoms with Crippen LogP contribution >= 0.6 is 0 Å². The first-order valence-corrected chi connectivity index (χ1v) is 5.59. The Morgan fingerprint density at radius 2 is 2.35 bits per heavy atom. The van der Waals surface area contributed by atoms with E-state index in [1.807, 2.05) is 13.8 Å². The van der Waals surface area contributed by atoms with Crippen molar-refractivity contribution in [3.05, 3.63) is 17.0 Å². The zero-order chi connectivity index (χ0) is 12.5. The van der Waals surface area contributed by atoms with Gasteiger partial charge in [-0.15, -0.1) is 0 Å². The van der Waals surface area contributed by atoms with Crippen molar-refractivity contribution in [2.45, 2.75) is 32.4 Å². The van der Waals surface area contributed by atoms with Gasteiger partial charge in [-0.25, -0.2) is 0 Å². The van der Waals surface area contributed by atoms with Gasteiger partial charge in [0.25, 0.3) is 0 Å². The molecule has 0 aliphatic carbocycles. The fourth-order valence-electron chi connectivity index (χ4n) is 1.86. The van der Waals surface area contributed by atoms with Gasteiger partial charge in [0, 0.05) is 18.7 Å². The normalized spacial score (nSPS) is 23.9. The monoisotopic (exact) mass is 239 g/mol. The molecular formula is C11H17N3O3. The van der Waals surface area contributed by atoms with Gasteiger partial charge in [-0.2, -0.15) is 0 Å². The summed E-state index contributed by atoms with van der Waals surface area (Å²) in [6.07, 6.45) is 0.556. The molecule has 17 heavy (non-hydrogen) atoms. The van der Waals surface area contributed by atoms with Gasteiger partial charge in [-0.05, 0) is 20.3 Å². The number of carbonyl (C=O) groups is 1. The van der Waals surface area contributed by atoms with Crippen LogP contribution in [0.5, 0.6) is 0 Å². The number of ether oxygens (including phenoxy) is 1. The quantitative estimate of drug-likeness (QED) is 0.776. The molecule has 1 saturated heterocycles. The van der Waals surface area contributed by atoms with E-state index in [1.54, 1.807) is 0 Å². The van der Waals surface area contributed by atoms with E-state index < -0.39 is 5.54 Å². The summed E-state index contributed by atoms with van der Waals surface area (Å²) in [4.78, 5) is 11.9. The molecule has 2 rings (SSSR count).